The Bertz CT molecular complexity index is 755. The third kappa shape index (κ3) is 5.71. The van der Waals surface area contributed by atoms with E-state index in [0.29, 0.717) is 18.4 Å². The summed E-state index contributed by atoms with van der Waals surface area (Å²) in [7, 11) is 0. The first kappa shape index (κ1) is 20.2. The maximum atomic E-state index is 13.1. The van der Waals surface area contributed by atoms with Crippen LogP contribution in [0.1, 0.15) is 37.7 Å². The number of rotatable bonds is 6. The average Bonchev–Trinajstić information content (AvgIpc) is 2.66. The molecule has 1 fully saturated rings. The van der Waals surface area contributed by atoms with E-state index in [1.165, 1.54) is 11.0 Å². The summed E-state index contributed by atoms with van der Waals surface area (Å²) < 4.78 is 0. The van der Waals surface area contributed by atoms with Crippen molar-refractivity contribution in [1.29, 1.82) is 0 Å². The monoisotopic (exact) mass is 368 g/mol. The van der Waals surface area contributed by atoms with E-state index in [1.54, 1.807) is 12.1 Å². The topological polar surface area (TPSA) is 86.7 Å². The molecule has 0 radical (unpaired) electrons. The number of hydrogen-bond donors (Lipinski definition) is 2. The summed E-state index contributed by atoms with van der Waals surface area (Å²) in [5.74, 6) is 3.28. The quantitative estimate of drug-likeness (QED) is 0.594. The average molecular weight is 368 g/mol. The minimum absolute atomic E-state index is 0.110. The first-order valence-electron chi connectivity index (χ1n) is 8.98. The Hall–Kier alpha value is -3.07. The molecule has 142 valence electrons. The molecule has 0 bridgehead atoms. The maximum absolute atomic E-state index is 13.1. The van der Waals surface area contributed by atoms with Crippen LogP contribution in [-0.2, 0) is 14.4 Å². The van der Waals surface area contributed by atoms with E-state index in [1.807, 2.05) is 18.2 Å². The van der Waals surface area contributed by atoms with Crippen molar-refractivity contribution < 1.29 is 19.5 Å². The summed E-state index contributed by atoms with van der Waals surface area (Å²) in [5.41, 5.74) is -0.407. The zero-order valence-corrected chi connectivity index (χ0v) is 15.2. The Kier molecular flexibility index (Phi) is 7.18. The van der Waals surface area contributed by atoms with Crippen molar-refractivity contribution in [2.45, 2.75) is 37.6 Å². The first-order chi connectivity index (χ1) is 13.0. The summed E-state index contributed by atoms with van der Waals surface area (Å²) in [5, 5.41) is 11.9. The number of amides is 2. The number of carboxylic acids is 1. The molecule has 0 aromatic heterocycles. The van der Waals surface area contributed by atoms with Crippen molar-refractivity contribution in [1.82, 2.24) is 10.2 Å². The minimum Gasteiger partial charge on any atom is -0.480 e. The summed E-state index contributed by atoms with van der Waals surface area (Å²) in [6.45, 7) is 3.26. The molecule has 6 heteroatoms. The van der Waals surface area contributed by atoms with Gasteiger partial charge in [-0.15, -0.1) is 6.58 Å². The number of carbonyl (C=O) groups is 3. The van der Waals surface area contributed by atoms with Crippen LogP contribution in [0.15, 0.2) is 43.0 Å². The van der Waals surface area contributed by atoms with E-state index in [4.69, 9.17) is 5.11 Å². The number of aliphatic carboxylic acids is 1. The van der Waals surface area contributed by atoms with Crippen LogP contribution in [0.5, 0.6) is 0 Å². The molecule has 2 amide bonds. The van der Waals surface area contributed by atoms with Gasteiger partial charge in [0, 0.05) is 18.0 Å². The Balaban J connectivity index is 2.20. The number of carboxylic acid groups (broad SMARTS) is 1. The Labute approximate surface area is 159 Å². The highest BCUT2D eigenvalue weighted by Gasteiger charge is 2.43. The lowest BCUT2D eigenvalue weighted by atomic mass is 9.80. The van der Waals surface area contributed by atoms with Gasteiger partial charge in [-0.3, -0.25) is 14.4 Å². The molecule has 0 spiro atoms. The molecule has 27 heavy (non-hydrogen) atoms. The summed E-state index contributed by atoms with van der Waals surface area (Å²) in [6, 6.07) is 9.10. The molecule has 0 unspecified atom stereocenters. The predicted octanol–water partition coefficient (Wildman–Crippen LogP) is 1.96. The lowest BCUT2D eigenvalue weighted by Gasteiger charge is -2.39. The van der Waals surface area contributed by atoms with Gasteiger partial charge in [0.25, 0.3) is 5.91 Å². The highest BCUT2D eigenvalue weighted by atomic mass is 16.4. The number of nitrogens with zero attached hydrogens (tertiary/aromatic N) is 1. The molecule has 0 saturated heterocycles. The summed E-state index contributed by atoms with van der Waals surface area (Å²) in [4.78, 5) is 37.8. The number of benzene rings is 1. The molecular formula is C21H24N2O4. The molecule has 6 nitrogen and oxygen atoms in total. The van der Waals surface area contributed by atoms with Gasteiger partial charge in [0.15, 0.2) is 0 Å². The van der Waals surface area contributed by atoms with Gasteiger partial charge in [-0.2, -0.15) is 0 Å². The van der Waals surface area contributed by atoms with Crippen LogP contribution in [0.4, 0.5) is 0 Å². The van der Waals surface area contributed by atoms with E-state index < -0.39 is 24.0 Å². The van der Waals surface area contributed by atoms with Gasteiger partial charge in [0.1, 0.15) is 12.1 Å². The van der Waals surface area contributed by atoms with Crippen molar-refractivity contribution >= 4 is 17.8 Å². The molecule has 1 aliphatic rings. The normalized spacial score (nSPS) is 15.0. The van der Waals surface area contributed by atoms with Crippen molar-refractivity contribution in [3.63, 3.8) is 0 Å². The summed E-state index contributed by atoms with van der Waals surface area (Å²) in [6.07, 6.45) is 4.96. The van der Waals surface area contributed by atoms with Gasteiger partial charge in [-0.25, -0.2) is 0 Å². The van der Waals surface area contributed by atoms with Crippen molar-refractivity contribution in [3.05, 3.63) is 48.6 Å². The second-order valence-corrected chi connectivity index (χ2v) is 6.58. The van der Waals surface area contributed by atoms with Crippen molar-refractivity contribution in [3.8, 4) is 11.8 Å². The van der Waals surface area contributed by atoms with E-state index >= 15 is 0 Å². The van der Waals surface area contributed by atoms with E-state index in [9.17, 15) is 14.4 Å². The van der Waals surface area contributed by atoms with Crippen LogP contribution in [0.2, 0.25) is 0 Å². The minimum atomic E-state index is -1.11. The molecule has 1 aliphatic carbocycles. The SMILES string of the molecule is C=CCN(CC(=O)O)C(=O)C1(NC(=O)C#Cc2ccccc2)CCCCC1. The molecule has 0 atom stereocenters. The molecule has 2 rings (SSSR count). The first-order valence-corrected chi connectivity index (χ1v) is 8.98. The molecule has 0 heterocycles. The van der Waals surface area contributed by atoms with Gasteiger partial charge in [0.05, 0.1) is 0 Å². The highest BCUT2D eigenvalue weighted by Crippen LogP contribution is 2.30. The van der Waals surface area contributed by atoms with Gasteiger partial charge < -0.3 is 15.3 Å². The standard InChI is InChI=1S/C21H24N2O4/c1-2-15-23(16-19(25)26)20(27)21(13-7-4-8-14-21)22-18(24)12-11-17-9-5-3-6-10-17/h2-3,5-6,9-10H,1,4,7-8,13-16H2,(H,22,24)(H,25,26). The molecule has 1 aromatic carbocycles. The largest absolute Gasteiger partial charge is 0.480 e. The van der Waals surface area contributed by atoms with Gasteiger partial charge in [-0.1, -0.05) is 49.5 Å². The summed E-state index contributed by atoms with van der Waals surface area (Å²) >= 11 is 0. The fraction of sp³-hybridized carbons (Fsp3) is 0.381. The van der Waals surface area contributed by atoms with Crippen LogP contribution in [0, 0.1) is 11.8 Å². The molecule has 1 saturated carbocycles. The zero-order valence-electron chi connectivity index (χ0n) is 15.2. The Morgan fingerprint density at radius 2 is 1.85 bits per heavy atom. The number of hydrogen-bond acceptors (Lipinski definition) is 3. The van der Waals surface area contributed by atoms with Gasteiger partial charge >= 0.3 is 5.97 Å². The molecule has 0 aliphatic heterocycles. The van der Waals surface area contributed by atoms with E-state index in [2.05, 4.69) is 23.7 Å². The predicted molar refractivity (Wildman–Crippen MR) is 102 cm³/mol. The van der Waals surface area contributed by atoms with Crippen LogP contribution in [0.3, 0.4) is 0 Å². The second-order valence-electron chi connectivity index (χ2n) is 6.58. The molecular weight excluding hydrogens is 344 g/mol. The van der Waals surface area contributed by atoms with Gasteiger partial charge in [-0.05, 0) is 25.0 Å². The number of carbonyl (C=O) groups excluding carboxylic acids is 2. The van der Waals surface area contributed by atoms with E-state index in [-0.39, 0.29) is 12.5 Å². The third-order valence-corrected chi connectivity index (χ3v) is 4.53. The van der Waals surface area contributed by atoms with Crippen molar-refractivity contribution in [2.75, 3.05) is 13.1 Å². The fourth-order valence-corrected chi connectivity index (χ4v) is 3.29. The van der Waals surface area contributed by atoms with E-state index in [0.717, 1.165) is 19.3 Å². The van der Waals surface area contributed by atoms with Crippen LogP contribution >= 0.6 is 0 Å². The van der Waals surface area contributed by atoms with Gasteiger partial charge in [0.2, 0.25) is 5.91 Å². The lowest BCUT2D eigenvalue weighted by Crippen LogP contribution is -2.61. The van der Waals surface area contributed by atoms with Crippen LogP contribution in [0.25, 0.3) is 0 Å². The fourth-order valence-electron chi connectivity index (χ4n) is 3.29. The number of nitrogens with one attached hydrogen (secondary N) is 1. The lowest BCUT2D eigenvalue weighted by molar-refractivity contribution is -0.149. The highest BCUT2D eigenvalue weighted by molar-refractivity contribution is 5.99. The smallest absolute Gasteiger partial charge is 0.323 e. The van der Waals surface area contributed by atoms with Crippen LogP contribution in [-0.4, -0.2) is 46.4 Å². The second kappa shape index (κ2) is 9.58. The van der Waals surface area contributed by atoms with Crippen LogP contribution < -0.4 is 5.32 Å². The third-order valence-electron chi connectivity index (χ3n) is 4.53. The van der Waals surface area contributed by atoms with Crippen molar-refractivity contribution in [2.24, 2.45) is 0 Å². The Morgan fingerprint density at radius 3 is 2.44 bits per heavy atom. The zero-order chi connectivity index (χ0) is 19.7. The molecule has 1 aromatic rings. The maximum Gasteiger partial charge on any atom is 0.323 e. The molecule has 2 N–H and O–H groups in total. The Morgan fingerprint density at radius 1 is 1.19 bits per heavy atom.